The van der Waals surface area contributed by atoms with Crippen LogP contribution in [0.5, 0.6) is 0 Å². The van der Waals surface area contributed by atoms with Crippen molar-refractivity contribution < 1.29 is 73.5 Å². The number of hydrogen-bond donors (Lipinski definition) is 9. The minimum atomic E-state index is -1.32. The van der Waals surface area contributed by atoms with Gasteiger partial charge in [0, 0.05) is 84.1 Å². The van der Waals surface area contributed by atoms with Gasteiger partial charge in [0.2, 0.25) is 11.8 Å². The lowest BCUT2D eigenvalue weighted by atomic mass is 9.79. The van der Waals surface area contributed by atoms with Gasteiger partial charge in [-0.3, -0.25) is 58.0 Å². The number of carboxylic acid groups (broad SMARTS) is 5. The number of benzene rings is 2. The Morgan fingerprint density at radius 2 is 1.09 bits per heavy atom. The third-order valence-corrected chi connectivity index (χ3v) is 13.6. The molecular formula is C51H74N8O15. The first kappa shape index (κ1) is 60.0. The Morgan fingerprint density at radius 3 is 1.61 bits per heavy atom. The van der Waals surface area contributed by atoms with Crippen molar-refractivity contribution in [2.24, 2.45) is 11.8 Å². The van der Waals surface area contributed by atoms with E-state index in [4.69, 9.17) is 5.11 Å². The van der Waals surface area contributed by atoms with Gasteiger partial charge in [0.05, 0.1) is 32.2 Å². The highest BCUT2D eigenvalue weighted by atomic mass is 16.4. The average molecular weight is 1040 g/mol. The molecule has 408 valence electrons. The first-order valence-electron chi connectivity index (χ1n) is 25.4. The maximum absolute atomic E-state index is 13.9. The van der Waals surface area contributed by atoms with Crippen LogP contribution >= 0.6 is 0 Å². The standard InChI is InChI=1S/C51H74N8O15/c1-34(60)41(17-18-44(62)63)54-51(74)55-42(50(72)73)8-4-5-19-52-49(71)43(29-36-11-13-37-6-2-3-7-39(37)28-36)53-48(70)38-14-9-35(10-15-38)12-16-40(61)30-56-20-22-57(31-45(64)65)24-26-59(33-47(68)69)27-25-58(23-21-56)32-46(66)67/h2-3,6-7,11,13,28,35,38,41-43H,4-5,8-10,12,14-27,29-33H2,1H3,(H,52,71)(H,53,70)(H,62,63)(H,64,65)(H,66,67)(H,68,69)(H,72,73)(H2,54,55,74)/t35?,38?,41-,42-,43?/m0/s1. The Labute approximate surface area is 430 Å². The average Bonchev–Trinajstić information content (AvgIpc) is 3.34. The van der Waals surface area contributed by atoms with Gasteiger partial charge < -0.3 is 46.8 Å². The fourth-order valence-corrected chi connectivity index (χ4v) is 9.36. The quantitative estimate of drug-likeness (QED) is 0.0543. The molecule has 4 amide bonds. The number of amides is 4. The molecule has 4 rings (SSSR count). The van der Waals surface area contributed by atoms with Gasteiger partial charge in [0.15, 0.2) is 5.78 Å². The van der Waals surface area contributed by atoms with Gasteiger partial charge in [0.25, 0.3) is 0 Å². The van der Waals surface area contributed by atoms with Gasteiger partial charge >= 0.3 is 35.9 Å². The Hall–Kier alpha value is -6.56. The van der Waals surface area contributed by atoms with E-state index < -0.39 is 65.7 Å². The van der Waals surface area contributed by atoms with Crippen molar-refractivity contribution in [1.29, 1.82) is 0 Å². The summed E-state index contributed by atoms with van der Waals surface area (Å²) in [4.78, 5) is 130. The van der Waals surface area contributed by atoms with E-state index in [0.717, 1.165) is 16.3 Å². The van der Waals surface area contributed by atoms with E-state index in [2.05, 4.69) is 21.3 Å². The van der Waals surface area contributed by atoms with Crippen LogP contribution < -0.4 is 21.3 Å². The predicted octanol–water partition coefficient (Wildman–Crippen LogP) is 1.36. The van der Waals surface area contributed by atoms with E-state index in [1.54, 1.807) is 14.7 Å². The molecule has 1 saturated heterocycles. The summed E-state index contributed by atoms with van der Waals surface area (Å²) in [5.41, 5.74) is 0.827. The molecule has 1 saturated carbocycles. The number of carbonyl (C=O) groups is 10. The van der Waals surface area contributed by atoms with Gasteiger partial charge in [0.1, 0.15) is 17.9 Å². The topological polar surface area (TPSA) is 333 Å². The van der Waals surface area contributed by atoms with Gasteiger partial charge in [-0.1, -0.05) is 42.5 Å². The summed E-state index contributed by atoms with van der Waals surface area (Å²) < 4.78 is 0. The number of carbonyl (C=O) groups excluding carboxylic acids is 5. The summed E-state index contributed by atoms with van der Waals surface area (Å²) in [6.07, 6.45) is 3.67. The molecule has 2 fully saturated rings. The second kappa shape index (κ2) is 31.2. The van der Waals surface area contributed by atoms with Crippen molar-refractivity contribution in [2.75, 3.05) is 85.1 Å². The zero-order chi connectivity index (χ0) is 54.2. The summed E-state index contributed by atoms with van der Waals surface area (Å²) in [6, 6.07) is 9.29. The summed E-state index contributed by atoms with van der Waals surface area (Å²) in [5, 5.41) is 59.7. The maximum atomic E-state index is 13.9. The smallest absolute Gasteiger partial charge is 0.326 e. The third-order valence-electron chi connectivity index (χ3n) is 13.6. The van der Waals surface area contributed by atoms with E-state index in [9.17, 15) is 68.4 Å². The number of hydrogen-bond acceptors (Lipinski definition) is 14. The number of urea groups is 1. The minimum Gasteiger partial charge on any atom is -0.481 e. The normalized spacial score (nSPS) is 18.8. The zero-order valence-electron chi connectivity index (χ0n) is 42.2. The van der Waals surface area contributed by atoms with E-state index in [1.165, 1.54) is 6.92 Å². The molecule has 1 aliphatic heterocycles. The lowest BCUT2D eigenvalue weighted by Crippen LogP contribution is -2.51. The highest BCUT2D eigenvalue weighted by molar-refractivity contribution is 5.90. The molecule has 1 unspecified atom stereocenters. The molecule has 0 bridgehead atoms. The Kier molecular flexibility index (Phi) is 25.3. The number of ketones is 2. The van der Waals surface area contributed by atoms with E-state index in [0.29, 0.717) is 64.7 Å². The van der Waals surface area contributed by atoms with Crippen molar-refractivity contribution in [3.05, 3.63) is 48.0 Å². The highest BCUT2D eigenvalue weighted by Crippen LogP contribution is 2.32. The van der Waals surface area contributed by atoms with Gasteiger partial charge in [-0.05, 0) is 87.0 Å². The van der Waals surface area contributed by atoms with Gasteiger partial charge in [-0.25, -0.2) is 9.59 Å². The Balaban J connectivity index is 1.30. The number of fused-ring (bicyclic) bond motifs is 1. The molecule has 74 heavy (non-hydrogen) atoms. The molecule has 2 aliphatic rings. The van der Waals surface area contributed by atoms with Crippen molar-refractivity contribution in [1.82, 2.24) is 40.9 Å². The van der Waals surface area contributed by atoms with Crippen LogP contribution in [0.1, 0.15) is 83.1 Å². The van der Waals surface area contributed by atoms with Crippen LogP contribution in [0.25, 0.3) is 10.8 Å². The predicted molar refractivity (Wildman–Crippen MR) is 269 cm³/mol. The monoisotopic (exact) mass is 1040 g/mol. The van der Waals surface area contributed by atoms with Crippen LogP contribution in [-0.2, 0) is 49.6 Å². The first-order chi connectivity index (χ1) is 35.2. The minimum absolute atomic E-state index is 0.00580. The maximum Gasteiger partial charge on any atom is 0.326 e. The number of nitrogens with one attached hydrogen (secondary N) is 4. The SMILES string of the molecule is CC(=O)[C@H](CCC(=O)O)NC(=O)N[C@@H](CCCCNC(=O)C(Cc1ccc2ccccc2c1)NC(=O)C1CCC(CCC(=O)CN2CCN(CC(=O)O)CCN(CC(=O)O)CCN(CC(=O)O)CC2)CC1)C(=O)O. The molecule has 2 aromatic rings. The molecule has 23 nitrogen and oxygen atoms in total. The van der Waals surface area contributed by atoms with Crippen LogP contribution in [0.4, 0.5) is 4.79 Å². The molecule has 1 heterocycles. The Morgan fingerprint density at radius 1 is 0.568 bits per heavy atom. The number of aliphatic carboxylic acids is 5. The summed E-state index contributed by atoms with van der Waals surface area (Å²) in [6.45, 7) is 3.01. The summed E-state index contributed by atoms with van der Waals surface area (Å²) in [7, 11) is 0. The number of nitrogens with zero attached hydrogens (tertiary/aromatic N) is 4. The van der Waals surface area contributed by atoms with Crippen LogP contribution in [0.15, 0.2) is 42.5 Å². The van der Waals surface area contributed by atoms with Gasteiger partial charge in [-0.15, -0.1) is 0 Å². The third kappa shape index (κ3) is 22.7. The van der Waals surface area contributed by atoms with E-state index in [-0.39, 0.29) is 121 Å². The first-order valence-corrected chi connectivity index (χ1v) is 25.4. The van der Waals surface area contributed by atoms with Crippen LogP contribution in [0, 0.1) is 11.8 Å². The number of carboxylic acids is 5. The van der Waals surface area contributed by atoms with Crippen LogP contribution in [0.2, 0.25) is 0 Å². The number of unbranched alkanes of at least 4 members (excludes halogenated alkanes) is 1. The molecule has 0 spiro atoms. The molecular weight excluding hydrogens is 965 g/mol. The van der Waals surface area contributed by atoms with Crippen LogP contribution in [-0.4, -0.2) is 208 Å². The zero-order valence-corrected chi connectivity index (χ0v) is 42.2. The Bertz CT molecular complexity index is 2220. The molecule has 1 aliphatic carbocycles. The summed E-state index contributed by atoms with van der Waals surface area (Å²) in [5.74, 6) is -6.95. The number of Topliss-reactive ketones (excluding diaryl/α,β-unsaturated/α-hetero) is 2. The molecule has 0 aromatic heterocycles. The second-order valence-corrected chi connectivity index (χ2v) is 19.4. The molecule has 2 aromatic carbocycles. The van der Waals surface area contributed by atoms with Crippen LogP contribution in [0.3, 0.4) is 0 Å². The lowest BCUT2D eigenvalue weighted by molar-refractivity contribution is -0.140. The number of rotatable bonds is 28. The molecule has 3 atom stereocenters. The van der Waals surface area contributed by atoms with Crippen molar-refractivity contribution >= 4 is 70.0 Å². The lowest BCUT2D eigenvalue weighted by Gasteiger charge is -2.33. The van der Waals surface area contributed by atoms with Crippen molar-refractivity contribution in [2.45, 2.75) is 102 Å². The highest BCUT2D eigenvalue weighted by Gasteiger charge is 2.31. The second-order valence-electron chi connectivity index (χ2n) is 19.4. The molecule has 23 heteroatoms. The van der Waals surface area contributed by atoms with E-state index in [1.807, 2.05) is 47.4 Å². The fraction of sp³-hybridized carbons (Fsp3) is 0.608. The van der Waals surface area contributed by atoms with Gasteiger partial charge in [-0.2, -0.15) is 0 Å². The van der Waals surface area contributed by atoms with Crippen molar-refractivity contribution in [3.63, 3.8) is 0 Å². The van der Waals surface area contributed by atoms with E-state index >= 15 is 0 Å². The largest absolute Gasteiger partial charge is 0.481 e. The summed E-state index contributed by atoms with van der Waals surface area (Å²) >= 11 is 0. The molecule has 9 N–H and O–H groups in total. The fourth-order valence-electron chi connectivity index (χ4n) is 9.36. The van der Waals surface area contributed by atoms with Crippen molar-refractivity contribution in [3.8, 4) is 0 Å². The molecule has 0 radical (unpaired) electrons.